The van der Waals surface area contributed by atoms with Crippen molar-refractivity contribution in [3.05, 3.63) is 205 Å². The van der Waals surface area contributed by atoms with Gasteiger partial charge >= 0.3 is 0 Å². The molecule has 10 rings (SSSR count). The fourth-order valence-electron chi connectivity index (χ4n) is 8.27. The summed E-state index contributed by atoms with van der Waals surface area (Å²) in [5.74, 6) is 1.78. The Morgan fingerprint density at radius 2 is 0.926 bits per heavy atom. The molecule has 3 heteroatoms. The van der Waals surface area contributed by atoms with E-state index in [0.29, 0.717) is 0 Å². The number of rotatable bonds is 6. The third-order valence-electron chi connectivity index (χ3n) is 11.0. The highest BCUT2D eigenvalue weighted by Crippen LogP contribution is 2.60. The molecule has 0 saturated carbocycles. The van der Waals surface area contributed by atoms with Gasteiger partial charge in [0.25, 0.3) is 0 Å². The Morgan fingerprint density at radius 1 is 0.389 bits per heavy atom. The second-order valence-electron chi connectivity index (χ2n) is 14.6. The van der Waals surface area contributed by atoms with Crippen LogP contribution in [0.25, 0.3) is 33.4 Å². The van der Waals surface area contributed by atoms with Gasteiger partial charge in [0, 0.05) is 22.5 Å². The van der Waals surface area contributed by atoms with Crippen molar-refractivity contribution in [2.24, 2.45) is 0 Å². The predicted molar refractivity (Wildman–Crippen MR) is 224 cm³/mol. The predicted octanol–water partition coefficient (Wildman–Crippen LogP) is 14.4. The van der Waals surface area contributed by atoms with Crippen LogP contribution in [0.2, 0.25) is 0 Å². The highest BCUT2D eigenvalue weighted by Gasteiger charge is 2.41. The molecule has 8 aromatic rings. The molecule has 0 unspecified atom stereocenters. The quantitative estimate of drug-likeness (QED) is 0.172. The van der Waals surface area contributed by atoms with E-state index in [9.17, 15) is 0 Å². The van der Waals surface area contributed by atoms with E-state index < -0.39 is 0 Å². The second kappa shape index (κ2) is 12.7. The smallest absolute Gasteiger partial charge is 0.151 e. The molecule has 0 amide bonds. The molecule has 0 bridgehead atoms. The largest absolute Gasteiger partial charge is 0.453 e. The van der Waals surface area contributed by atoms with Crippen LogP contribution < -0.4 is 14.5 Å². The van der Waals surface area contributed by atoms with Crippen molar-refractivity contribution in [3.8, 4) is 44.9 Å². The zero-order valence-electron chi connectivity index (χ0n) is 30.3. The maximum Gasteiger partial charge on any atom is 0.151 e. The minimum Gasteiger partial charge on any atom is -0.453 e. The van der Waals surface area contributed by atoms with Crippen molar-refractivity contribution in [3.63, 3.8) is 0 Å². The summed E-state index contributed by atoms with van der Waals surface area (Å²) in [5.41, 5.74) is 16.2. The molecule has 0 saturated heterocycles. The Morgan fingerprint density at radius 3 is 1.70 bits per heavy atom. The topological polar surface area (TPSA) is 15.7 Å². The third kappa shape index (κ3) is 5.28. The normalized spacial score (nSPS) is 13.3. The maximum atomic E-state index is 6.43. The molecule has 0 radical (unpaired) electrons. The van der Waals surface area contributed by atoms with Crippen LogP contribution in [0.4, 0.5) is 34.1 Å². The molecular formula is C51H38N2O. The van der Waals surface area contributed by atoms with Crippen LogP contribution in [0, 0.1) is 0 Å². The summed E-state index contributed by atoms with van der Waals surface area (Å²) in [6.45, 7) is 4.66. The van der Waals surface area contributed by atoms with E-state index >= 15 is 0 Å². The Hall–Kier alpha value is -6.84. The lowest BCUT2D eigenvalue weighted by Gasteiger charge is -2.45. The molecule has 0 spiro atoms. The van der Waals surface area contributed by atoms with Crippen molar-refractivity contribution in [2.75, 3.05) is 9.80 Å². The lowest BCUT2D eigenvalue weighted by atomic mass is 9.72. The summed E-state index contributed by atoms with van der Waals surface area (Å²) < 4.78 is 6.43. The number of hydrogen-bond acceptors (Lipinski definition) is 3. The summed E-state index contributed by atoms with van der Waals surface area (Å²) >= 11 is 0. The summed E-state index contributed by atoms with van der Waals surface area (Å²) in [6, 6.07) is 69.6. The Balaban J connectivity index is 1.03. The van der Waals surface area contributed by atoms with Gasteiger partial charge < -0.3 is 14.5 Å². The molecule has 258 valence electrons. The van der Waals surface area contributed by atoms with Crippen LogP contribution in [0.3, 0.4) is 0 Å². The third-order valence-corrected chi connectivity index (χ3v) is 11.0. The monoisotopic (exact) mass is 694 g/mol. The van der Waals surface area contributed by atoms with Crippen LogP contribution >= 0.6 is 0 Å². The van der Waals surface area contributed by atoms with Gasteiger partial charge in [-0.1, -0.05) is 135 Å². The maximum absolute atomic E-state index is 6.43. The average molecular weight is 695 g/mol. The van der Waals surface area contributed by atoms with Crippen molar-refractivity contribution in [1.29, 1.82) is 0 Å². The number of nitrogens with zero attached hydrogens (tertiary/aromatic N) is 2. The number of fused-ring (bicyclic) bond motifs is 4. The number of ether oxygens (including phenoxy) is 1. The number of anilines is 6. The van der Waals surface area contributed by atoms with E-state index in [1.54, 1.807) is 0 Å². The minimum absolute atomic E-state index is 0.227. The molecule has 8 aromatic carbocycles. The summed E-state index contributed by atoms with van der Waals surface area (Å²) in [5, 5.41) is 0. The van der Waals surface area contributed by atoms with E-state index in [4.69, 9.17) is 4.74 Å². The molecule has 2 heterocycles. The van der Waals surface area contributed by atoms with Crippen molar-refractivity contribution in [2.45, 2.75) is 19.3 Å². The van der Waals surface area contributed by atoms with E-state index in [1.165, 1.54) is 50.2 Å². The molecular weight excluding hydrogens is 657 g/mol. The van der Waals surface area contributed by atoms with Crippen LogP contribution in [0.1, 0.15) is 25.0 Å². The van der Waals surface area contributed by atoms with Gasteiger partial charge in [-0.2, -0.15) is 0 Å². The van der Waals surface area contributed by atoms with Crippen molar-refractivity contribution < 1.29 is 4.74 Å². The van der Waals surface area contributed by atoms with Gasteiger partial charge in [0.2, 0.25) is 0 Å². The first kappa shape index (κ1) is 31.9. The van der Waals surface area contributed by atoms with Gasteiger partial charge in [-0.25, -0.2) is 0 Å². The van der Waals surface area contributed by atoms with Gasteiger partial charge in [-0.3, -0.25) is 0 Å². The summed E-state index contributed by atoms with van der Waals surface area (Å²) in [6.07, 6.45) is 0. The highest BCUT2D eigenvalue weighted by molar-refractivity contribution is 5.94. The van der Waals surface area contributed by atoms with Crippen molar-refractivity contribution in [1.82, 2.24) is 0 Å². The van der Waals surface area contributed by atoms with Crippen molar-refractivity contribution >= 4 is 34.1 Å². The fraction of sp³-hybridized carbons (Fsp3) is 0.0588. The zero-order valence-corrected chi connectivity index (χ0v) is 30.3. The molecule has 54 heavy (non-hydrogen) atoms. The van der Waals surface area contributed by atoms with E-state index in [0.717, 1.165) is 39.9 Å². The molecule has 0 atom stereocenters. The van der Waals surface area contributed by atoms with Crippen LogP contribution in [-0.2, 0) is 5.41 Å². The van der Waals surface area contributed by atoms with Crippen LogP contribution in [-0.4, -0.2) is 0 Å². The van der Waals surface area contributed by atoms with Gasteiger partial charge in [-0.15, -0.1) is 0 Å². The first-order valence-electron chi connectivity index (χ1n) is 18.6. The average Bonchev–Trinajstić information content (AvgIpc) is 3.23. The van der Waals surface area contributed by atoms with Gasteiger partial charge in [0.05, 0.1) is 17.1 Å². The lowest BCUT2D eigenvalue weighted by Crippen LogP contribution is -2.32. The first-order chi connectivity index (χ1) is 26.5. The highest BCUT2D eigenvalue weighted by atomic mass is 16.5. The molecule has 0 aromatic heterocycles. The minimum atomic E-state index is -0.227. The number of benzene rings is 8. The van der Waals surface area contributed by atoms with Crippen LogP contribution in [0.15, 0.2) is 194 Å². The molecule has 2 aliphatic rings. The van der Waals surface area contributed by atoms with E-state index in [-0.39, 0.29) is 5.41 Å². The number of hydrogen-bond donors (Lipinski definition) is 0. The first-order valence-corrected chi connectivity index (χ1v) is 18.6. The SMILES string of the molecule is CC1(C)c2cc(-c3cccc(-c4cccc(N(c5ccccc5)c5ccc(-c6ccccc6)cc5)c4)c3)ccc2N2c3ccccc3Oc3cccc1c32. The molecule has 0 aliphatic carbocycles. The Bertz CT molecular complexity index is 2660. The van der Waals surface area contributed by atoms with Crippen LogP contribution in [0.5, 0.6) is 11.5 Å². The van der Waals surface area contributed by atoms with E-state index in [2.05, 4.69) is 212 Å². The molecule has 2 aliphatic heterocycles. The zero-order chi connectivity index (χ0) is 36.2. The second-order valence-corrected chi connectivity index (χ2v) is 14.6. The summed E-state index contributed by atoms with van der Waals surface area (Å²) in [7, 11) is 0. The van der Waals surface area contributed by atoms with E-state index in [1.807, 2.05) is 6.07 Å². The number of para-hydroxylation sites is 4. The molecule has 0 N–H and O–H groups in total. The Labute approximate surface area is 317 Å². The standard InChI is InChI=1S/C51H38N2O/c1-51(2)44-22-13-25-49-50(44)53(47-23-9-10-24-48(47)54-49)46-31-28-40(34-45(46)51)38-17-11-16-37(32-38)39-18-12-21-43(33-39)52(41-19-7-4-8-20-41)42-29-26-36(27-30-42)35-14-5-3-6-15-35/h3-34H,1-2H3. The Kier molecular flexibility index (Phi) is 7.48. The molecule has 0 fully saturated rings. The summed E-state index contributed by atoms with van der Waals surface area (Å²) in [4.78, 5) is 4.73. The van der Waals surface area contributed by atoms with Gasteiger partial charge in [-0.05, 0) is 117 Å². The fourth-order valence-corrected chi connectivity index (χ4v) is 8.27. The van der Waals surface area contributed by atoms with Gasteiger partial charge in [0.15, 0.2) is 11.5 Å². The lowest BCUT2D eigenvalue weighted by molar-refractivity contribution is 0.471. The molecule has 3 nitrogen and oxygen atoms in total. The van der Waals surface area contributed by atoms with Gasteiger partial charge in [0.1, 0.15) is 0 Å².